The van der Waals surface area contributed by atoms with Gasteiger partial charge in [0.25, 0.3) is 0 Å². The molecule has 0 aliphatic heterocycles. The normalized spacial score (nSPS) is 23.1. The third-order valence-electron chi connectivity index (χ3n) is 4.65. The largest absolute Gasteiger partial charge is 0.382 e. The highest BCUT2D eigenvalue weighted by atomic mass is 19.2. The molecule has 1 aliphatic carbocycles. The first-order valence-electron chi connectivity index (χ1n) is 7.66. The zero-order valence-electron chi connectivity index (χ0n) is 13.0. The van der Waals surface area contributed by atoms with Gasteiger partial charge in [0.2, 0.25) is 0 Å². The monoisotopic (exact) mass is 299 g/mol. The molecule has 1 fully saturated rings. The van der Waals surface area contributed by atoms with Gasteiger partial charge >= 0.3 is 0 Å². The van der Waals surface area contributed by atoms with E-state index in [2.05, 4.69) is 26.1 Å². The van der Waals surface area contributed by atoms with Crippen molar-refractivity contribution in [1.82, 2.24) is 0 Å². The Kier molecular flexibility index (Phi) is 4.84. The quantitative estimate of drug-likeness (QED) is 0.740. The van der Waals surface area contributed by atoms with Crippen molar-refractivity contribution in [2.45, 2.75) is 46.5 Å². The van der Waals surface area contributed by atoms with Crippen molar-refractivity contribution in [3.63, 3.8) is 0 Å². The van der Waals surface area contributed by atoms with Gasteiger partial charge in [-0.1, -0.05) is 20.8 Å². The SMILES string of the molecule is CC(C)(C)C1CCC(CNc2cc(F)cc(F)c2F)CC1. The zero-order valence-corrected chi connectivity index (χ0v) is 13.0. The van der Waals surface area contributed by atoms with Crippen LogP contribution in [0.4, 0.5) is 18.9 Å². The Labute approximate surface area is 124 Å². The van der Waals surface area contributed by atoms with Crippen LogP contribution in [-0.2, 0) is 0 Å². The number of hydrogen-bond donors (Lipinski definition) is 1. The van der Waals surface area contributed by atoms with Crippen molar-refractivity contribution < 1.29 is 13.2 Å². The number of halogens is 3. The van der Waals surface area contributed by atoms with E-state index < -0.39 is 17.5 Å². The molecule has 21 heavy (non-hydrogen) atoms. The summed E-state index contributed by atoms with van der Waals surface area (Å²) in [6.07, 6.45) is 4.48. The maximum atomic E-state index is 13.6. The van der Waals surface area contributed by atoms with Gasteiger partial charge in [0.05, 0.1) is 5.69 Å². The van der Waals surface area contributed by atoms with Crippen molar-refractivity contribution in [3.05, 3.63) is 29.6 Å². The number of benzene rings is 1. The van der Waals surface area contributed by atoms with Gasteiger partial charge in [0.1, 0.15) is 5.82 Å². The third kappa shape index (κ3) is 4.14. The highest BCUT2D eigenvalue weighted by Gasteiger charge is 2.29. The highest BCUT2D eigenvalue weighted by Crippen LogP contribution is 2.39. The molecular formula is C17H24F3N. The average Bonchev–Trinajstić information content (AvgIpc) is 2.40. The first kappa shape index (κ1) is 16.2. The topological polar surface area (TPSA) is 12.0 Å². The van der Waals surface area contributed by atoms with E-state index in [1.807, 2.05) is 0 Å². The van der Waals surface area contributed by atoms with Crippen molar-refractivity contribution >= 4 is 5.69 Å². The Balaban J connectivity index is 1.88. The van der Waals surface area contributed by atoms with E-state index >= 15 is 0 Å². The predicted molar refractivity (Wildman–Crippen MR) is 79.7 cm³/mol. The van der Waals surface area contributed by atoms with Crippen LogP contribution in [0.5, 0.6) is 0 Å². The molecule has 1 aromatic carbocycles. The number of rotatable bonds is 3. The number of nitrogens with one attached hydrogen (secondary N) is 1. The van der Waals surface area contributed by atoms with Crippen molar-refractivity contribution in [1.29, 1.82) is 0 Å². The molecule has 118 valence electrons. The summed E-state index contributed by atoms with van der Waals surface area (Å²) in [4.78, 5) is 0. The maximum absolute atomic E-state index is 13.6. The molecule has 1 aromatic rings. The highest BCUT2D eigenvalue weighted by molar-refractivity contribution is 5.45. The Morgan fingerprint density at radius 1 is 1.05 bits per heavy atom. The molecule has 0 amide bonds. The molecule has 0 atom stereocenters. The third-order valence-corrected chi connectivity index (χ3v) is 4.65. The van der Waals surface area contributed by atoms with Gasteiger partial charge in [0, 0.05) is 18.7 Å². The van der Waals surface area contributed by atoms with E-state index in [0.717, 1.165) is 37.7 Å². The van der Waals surface area contributed by atoms with Gasteiger partial charge in [-0.05, 0) is 42.9 Å². The lowest BCUT2D eigenvalue weighted by atomic mass is 9.70. The van der Waals surface area contributed by atoms with Gasteiger partial charge in [-0.2, -0.15) is 0 Å². The molecule has 0 radical (unpaired) electrons. The van der Waals surface area contributed by atoms with Crippen LogP contribution in [-0.4, -0.2) is 6.54 Å². The summed E-state index contributed by atoms with van der Waals surface area (Å²) in [6.45, 7) is 7.36. The Morgan fingerprint density at radius 3 is 2.24 bits per heavy atom. The van der Waals surface area contributed by atoms with E-state index in [1.54, 1.807) is 0 Å². The molecule has 1 aliphatic rings. The van der Waals surface area contributed by atoms with E-state index in [1.165, 1.54) is 0 Å². The van der Waals surface area contributed by atoms with Crippen LogP contribution in [0.15, 0.2) is 12.1 Å². The van der Waals surface area contributed by atoms with Crippen molar-refractivity contribution in [3.8, 4) is 0 Å². The first-order valence-corrected chi connectivity index (χ1v) is 7.66. The summed E-state index contributed by atoms with van der Waals surface area (Å²) in [7, 11) is 0. The Bertz CT molecular complexity index is 486. The molecule has 4 heteroatoms. The molecule has 0 saturated heterocycles. The van der Waals surface area contributed by atoms with Gasteiger partial charge in [-0.15, -0.1) is 0 Å². The molecule has 0 spiro atoms. The van der Waals surface area contributed by atoms with E-state index in [4.69, 9.17) is 0 Å². The number of anilines is 1. The summed E-state index contributed by atoms with van der Waals surface area (Å²) in [6, 6.07) is 1.58. The minimum Gasteiger partial charge on any atom is -0.382 e. The zero-order chi connectivity index (χ0) is 15.6. The molecule has 2 rings (SSSR count). The average molecular weight is 299 g/mol. The fourth-order valence-electron chi connectivity index (χ4n) is 3.17. The molecular weight excluding hydrogens is 275 g/mol. The maximum Gasteiger partial charge on any atom is 0.182 e. The standard InChI is InChI=1S/C17H24F3N/c1-17(2,3)12-6-4-11(5-7-12)10-21-15-9-13(18)8-14(19)16(15)20/h8-9,11-12,21H,4-7,10H2,1-3H3. The lowest BCUT2D eigenvalue weighted by molar-refractivity contribution is 0.153. The van der Waals surface area contributed by atoms with Gasteiger partial charge in [-0.25, -0.2) is 13.2 Å². The van der Waals surface area contributed by atoms with E-state index in [9.17, 15) is 13.2 Å². The van der Waals surface area contributed by atoms with Crippen molar-refractivity contribution in [2.24, 2.45) is 17.3 Å². The Morgan fingerprint density at radius 2 is 1.67 bits per heavy atom. The number of hydrogen-bond acceptors (Lipinski definition) is 1. The van der Waals surface area contributed by atoms with Crippen LogP contribution in [0, 0.1) is 34.7 Å². The van der Waals surface area contributed by atoms with E-state index in [0.29, 0.717) is 23.9 Å². The molecule has 0 aromatic heterocycles. The smallest absolute Gasteiger partial charge is 0.182 e. The van der Waals surface area contributed by atoms with Crippen LogP contribution in [0.1, 0.15) is 46.5 Å². The Hall–Kier alpha value is -1.19. The fourth-order valence-corrected chi connectivity index (χ4v) is 3.17. The van der Waals surface area contributed by atoms with E-state index in [-0.39, 0.29) is 5.69 Å². The van der Waals surface area contributed by atoms with Crippen LogP contribution < -0.4 is 5.32 Å². The van der Waals surface area contributed by atoms with Gasteiger partial charge in [0.15, 0.2) is 11.6 Å². The summed E-state index contributed by atoms with van der Waals surface area (Å²) in [5.74, 6) is -1.74. The second kappa shape index (κ2) is 6.29. The van der Waals surface area contributed by atoms with Gasteiger partial charge < -0.3 is 5.32 Å². The molecule has 1 N–H and O–H groups in total. The minimum absolute atomic E-state index is 0.0783. The van der Waals surface area contributed by atoms with Crippen LogP contribution in [0.3, 0.4) is 0 Å². The molecule has 0 heterocycles. The van der Waals surface area contributed by atoms with Crippen LogP contribution >= 0.6 is 0 Å². The van der Waals surface area contributed by atoms with Gasteiger partial charge in [-0.3, -0.25) is 0 Å². The molecule has 1 nitrogen and oxygen atoms in total. The summed E-state index contributed by atoms with van der Waals surface area (Å²) < 4.78 is 39.8. The second-order valence-electron chi connectivity index (χ2n) is 7.21. The summed E-state index contributed by atoms with van der Waals surface area (Å²) >= 11 is 0. The van der Waals surface area contributed by atoms with Crippen LogP contribution in [0.2, 0.25) is 0 Å². The van der Waals surface area contributed by atoms with Crippen molar-refractivity contribution in [2.75, 3.05) is 11.9 Å². The summed E-state index contributed by atoms with van der Waals surface area (Å²) in [5, 5.41) is 2.86. The lowest BCUT2D eigenvalue weighted by Crippen LogP contribution is -2.28. The first-order chi connectivity index (χ1) is 9.77. The molecule has 0 bridgehead atoms. The summed E-state index contributed by atoms with van der Waals surface area (Å²) in [5.41, 5.74) is 0.251. The molecule has 0 unspecified atom stereocenters. The molecule has 1 saturated carbocycles. The second-order valence-corrected chi connectivity index (χ2v) is 7.21. The van der Waals surface area contributed by atoms with Crippen LogP contribution in [0.25, 0.3) is 0 Å². The lowest BCUT2D eigenvalue weighted by Gasteiger charge is -2.37. The predicted octanol–water partition coefficient (Wildman–Crippen LogP) is 5.37. The minimum atomic E-state index is -1.14. The fraction of sp³-hybridized carbons (Fsp3) is 0.647.